The first-order valence-corrected chi connectivity index (χ1v) is 11.9. The number of fused-ring (bicyclic) bond motifs is 3. The van der Waals surface area contributed by atoms with Crippen LogP contribution in [0.3, 0.4) is 0 Å². The van der Waals surface area contributed by atoms with E-state index in [0.717, 1.165) is 48.8 Å². The third kappa shape index (κ3) is 3.69. The molecule has 3 aromatic rings. The van der Waals surface area contributed by atoms with Crippen LogP contribution in [-0.2, 0) is 22.4 Å². The highest BCUT2D eigenvalue weighted by Gasteiger charge is 2.34. The number of nitrogens with one attached hydrogen (secondary N) is 1. The van der Waals surface area contributed by atoms with Crippen molar-refractivity contribution < 1.29 is 19.1 Å². The molecule has 0 unspecified atom stereocenters. The number of thiophene rings is 1. The first-order valence-electron chi connectivity index (χ1n) is 11.1. The van der Waals surface area contributed by atoms with E-state index in [1.54, 1.807) is 0 Å². The molecule has 0 fully saturated rings. The largest absolute Gasteiger partial charge is 0.465 e. The summed E-state index contributed by atoms with van der Waals surface area (Å²) in [5.74, 6) is 0.279. The second-order valence-corrected chi connectivity index (χ2v) is 9.32. The predicted octanol–water partition coefficient (Wildman–Crippen LogP) is 6.07. The summed E-state index contributed by atoms with van der Waals surface area (Å²) in [4.78, 5) is 27.6. The standard InChI is InChI=1S/C26H25NO4S/c1-30-26(29)23-18-12-4-2-3-5-15-21(18)32-25(23)27-24(28)22-16-10-6-8-13-19(16)31-20-14-9-7-11-17(20)22/h6-11,13-14,22H,2-5,12,15H2,1H3,(H,27,28). The number of esters is 1. The molecule has 1 aliphatic heterocycles. The van der Waals surface area contributed by atoms with Crippen LogP contribution in [0.5, 0.6) is 11.5 Å². The van der Waals surface area contributed by atoms with Crippen molar-refractivity contribution >= 4 is 28.2 Å². The van der Waals surface area contributed by atoms with Gasteiger partial charge in [-0.3, -0.25) is 4.79 Å². The van der Waals surface area contributed by atoms with Crippen LogP contribution in [0.25, 0.3) is 0 Å². The third-order valence-corrected chi connectivity index (χ3v) is 7.45. The van der Waals surface area contributed by atoms with Crippen molar-refractivity contribution in [3.63, 3.8) is 0 Å². The molecule has 5 nitrogen and oxygen atoms in total. The zero-order chi connectivity index (χ0) is 22.1. The normalized spacial score (nSPS) is 15.3. The van der Waals surface area contributed by atoms with Crippen LogP contribution in [0.4, 0.5) is 5.00 Å². The number of aryl methyl sites for hydroxylation is 1. The predicted molar refractivity (Wildman–Crippen MR) is 125 cm³/mol. The lowest BCUT2D eigenvalue weighted by atomic mass is 9.87. The maximum absolute atomic E-state index is 13.7. The van der Waals surface area contributed by atoms with Crippen molar-refractivity contribution in [1.29, 1.82) is 0 Å². The Morgan fingerprint density at radius 2 is 1.56 bits per heavy atom. The van der Waals surface area contributed by atoms with E-state index in [1.807, 2.05) is 48.5 Å². The average molecular weight is 448 g/mol. The summed E-state index contributed by atoms with van der Waals surface area (Å²) in [6.07, 6.45) is 6.28. The molecule has 2 aromatic carbocycles. The lowest BCUT2D eigenvalue weighted by Crippen LogP contribution is -2.25. The molecule has 2 heterocycles. The average Bonchev–Trinajstić information content (AvgIpc) is 3.12. The van der Waals surface area contributed by atoms with Gasteiger partial charge in [0.15, 0.2) is 0 Å². The van der Waals surface area contributed by atoms with Crippen LogP contribution in [0.15, 0.2) is 48.5 Å². The summed E-state index contributed by atoms with van der Waals surface area (Å²) < 4.78 is 11.1. The highest BCUT2D eigenvalue weighted by atomic mass is 32.1. The fourth-order valence-corrected chi connectivity index (χ4v) is 5.98. The first-order chi connectivity index (χ1) is 15.7. The number of rotatable bonds is 3. The van der Waals surface area contributed by atoms with Crippen LogP contribution in [0, 0.1) is 0 Å². The molecule has 0 saturated heterocycles. The molecule has 1 N–H and O–H groups in total. The maximum Gasteiger partial charge on any atom is 0.341 e. The number of amides is 1. The SMILES string of the molecule is COC(=O)c1c(NC(=O)C2c3ccccc3Oc3ccccc32)sc2c1CCCCCC2. The van der Waals surface area contributed by atoms with E-state index in [1.165, 1.54) is 29.7 Å². The Morgan fingerprint density at radius 1 is 0.938 bits per heavy atom. The minimum Gasteiger partial charge on any atom is -0.465 e. The Balaban J connectivity index is 1.55. The van der Waals surface area contributed by atoms with Crippen LogP contribution in [0.1, 0.15) is 63.5 Å². The van der Waals surface area contributed by atoms with E-state index in [9.17, 15) is 9.59 Å². The van der Waals surface area contributed by atoms with Gasteiger partial charge in [0.2, 0.25) is 5.91 Å². The van der Waals surface area contributed by atoms with Gasteiger partial charge in [0.05, 0.1) is 18.6 Å². The molecule has 164 valence electrons. The van der Waals surface area contributed by atoms with Crippen molar-refractivity contribution in [2.45, 2.75) is 44.4 Å². The molecule has 2 aliphatic rings. The van der Waals surface area contributed by atoms with Gasteiger partial charge in [-0.15, -0.1) is 11.3 Å². The van der Waals surface area contributed by atoms with E-state index in [4.69, 9.17) is 9.47 Å². The number of ether oxygens (including phenoxy) is 2. The Labute approximate surface area is 191 Å². The Bertz CT molecular complexity index is 1140. The minimum atomic E-state index is -0.522. The summed E-state index contributed by atoms with van der Waals surface area (Å²) in [7, 11) is 1.39. The Kier molecular flexibility index (Phi) is 5.70. The molecule has 6 heteroatoms. The van der Waals surface area contributed by atoms with Crippen molar-refractivity contribution in [3.05, 3.63) is 75.7 Å². The molecule has 0 atom stereocenters. The smallest absolute Gasteiger partial charge is 0.341 e. The molecule has 1 aliphatic carbocycles. The van der Waals surface area contributed by atoms with Gasteiger partial charge in [-0.1, -0.05) is 49.2 Å². The number of carbonyl (C=O) groups is 2. The van der Waals surface area contributed by atoms with E-state index < -0.39 is 5.92 Å². The summed E-state index contributed by atoms with van der Waals surface area (Å²) in [5, 5.41) is 3.69. The monoisotopic (exact) mass is 447 g/mol. The molecule has 0 bridgehead atoms. The number of carbonyl (C=O) groups excluding carboxylic acids is 2. The van der Waals surface area contributed by atoms with Crippen molar-refractivity contribution in [1.82, 2.24) is 0 Å². The zero-order valence-electron chi connectivity index (χ0n) is 18.0. The molecule has 0 radical (unpaired) electrons. The van der Waals surface area contributed by atoms with Crippen molar-refractivity contribution in [2.24, 2.45) is 0 Å². The topological polar surface area (TPSA) is 64.6 Å². The second-order valence-electron chi connectivity index (χ2n) is 8.21. The second kappa shape index (κ2) is 8.79. The van der Waals surface area contributed by atoms with Gasteiger partial charge in [0.25, 0.3) is 0 Å². The molecule has 5 rings (SSSR count). The molecule has 0 saturated carbocycles. The number of hydrogen-bond donors (Lipinski definition) is 1. The summed E-state index contributed by atoms with van der Waals surface area (Å²) in [5.41, 5.74) is 3.21. The molecule has 0 spiro atoms. The van der Waals surface area contributed by atoms with Crippen molar-refractivity contribution in [3.8, 4) is 11.5 Å². The number of anilines is 1. The van der Waals surface area contributed by atoms with Crippen LogP contribution >= 0.6 is 11.3 Å². The quantitative estimate of drug-likeness (QED) is 0.495. The van der Waals surface area contributed by atoms with Crippen molar-refractivity contribution in [2.75, 3.05) is 12.4 Å². The fourth-order valence-electron chi connectivity index (χ4n) is 4.70. The van der Waals surface area contributed by atoms with Crippen LogP contribution in [-0.4, -0.2) is 19.0 Å². The summed E-state index contributed by atoms with van der Waals surface area (Å²) in [6.45, 7) is 0. The van der Waals surface area contributed by atoms with Gasteiger partial charge in [-0.2, -0.15) is 0 Å². The lowest BCUT2D eigenvalue weighted by Gasteiger charge is -2.27. The minimum absolute atomic E-state index is 0.174. The third-order valence-electron chi connectivity index (χ3n) is 6.24. The number of benzene rings is 2. The fraction of sp³-hybridized carbons (Fsp3) is 0.308. The number of methoxy groups -OCH3 is 1. The van der Waals surface area contributed by atoms with E-state index in [-0.39, 0.29) is 11.9 Å². The molecular formula is C26H25NO4S. The summed E-state index contributed by atoms with van der Waals surface area (Å²) in [6, 6.07) is 15.2. The lowest BCUT2D eigenvalue weighted by molar-refractivity contribution is -0.116. The van der Waals surface area contributed by atoms with Gasteiger partial charge < -0.3 is 14.8 Å². The van der Waals surface area contributed by atoms with Crippen LogP contribution in [0.2, 0.25) is 0 Å². The first kappa shape index (κ1) is 20.8. The van der Waals surface area contributed by atoms with E-state index in [0.29, 0.717) is 22.1 Å². The molecular weight excluding hydrogens is 422 g/mol. The Hall–Kier alpha value is -3.12. The van der Waals surface area contributed by atoms with Crippen LogP contribution < -0.4 is 10.1 Å². The van der Waals surface area contributed by atoms with E-state index in [2.05, 4.69) is 5.32 Å². The number of para-hydroxylation sites is 2. The van der Waals surface area contributed by atoms with Gasteiger partial charge in [-0.25, -0.2) is 4.79 Å². The zero-order valence-corrected chi connectivity index (χ0v) is 18.8. The highest BCUT2D eigenvalue weighted by Crippen LogP contribution is 2.45. The van der Waals surface area contributed by atoms with Gasteiger partial charge >= 0.3 is 5.97 Å². The summed E-state index contributed by atoms with van der Waals surface area (Å²) >= 11 is 1.52. The van der Waals surface area contributed by atoms with Gasteiger partial charge in [0, 0.05) is 16.0 Å². The molecule has 1 aromatic heterocycles. The van der Waals surface area contributed by atoms with Gasteiger partial charge in [0.1, 0.15) is 16.5 Å². The maximum atomic E-state index is 13.7. The highest BCUT2D eigenvalue weighted by molar-refractivity contribution is 7.17. The molecule has 32 heavy (non-hydrogen) atoms. The number of hydrogen-bond acceptors (Lipinski definition) is 5. The van der Waals surface area contributed by atoms with Gasteiger partial charge in [-0.05, 0) is 43.4 Å². The molecule has 1 amide bonds. The Morgan fingerprint density at radius 3 is 2.22 bits per heavy atom. The van der Waals surface area contributed by atoms with E-state index >= 15 is 0 Å².